The average Bonchev–Trinajstić information content (AvgIpc) is 3.29. The van der Waals surface area contributed by atoms with Gasteiger partial charge in [-0.25, -0.2) is 13.9 Å². The molecule has 3 aliphatic rings. The Morgan fingerprint density at radius 2 is 1.66 bits per heavy atom. The molecule has 3 heterocycles. The highest BCUT2D eigenvalue weighted by molar-refractivity contribution is 7.94. The molecule has 0 aliphatic carbocycles. The Kier molecular flexibility index (Phi) is 7.28. The molecular weight excluding hydrogens is 550 g/mol. The predicted octanol–water partition coefficient (Wildman–Crippen LogP) is 3.53. The maximum absolute atomic E-state index is 13.6. The van der Waals surface area contributed by atoms with E-state index < -0.39 is 52.2 Å². The maximum Gasteiger partial charge on any atom is 0.508 e. The fourth-order valence-electron chi connectivity index (χ4n) is 5.80. The van der Waals surface area contributed by atoms with Crippen LogP contribution in [0.4, 0.5) is 16.2 Å². The lowest BCUT2D eigenvalue weighted by Crippen LogP contribution is -2.64. The number of hydrogen-bond donors (Lipinski definition) is 0. The molecule has 216 valence electrons. The van der Waals surface area contributed by atoms with Crippen molar-refractivity contribution in [1.29, 1.82) is 0 Å². The lowest BCUT2D eigenvalue weighted by Gasteiger charge is -2.47. The molecule has 0 bridgehead atoms. The minimum atomic E-state index is -4.00. The second-order valence-electron chi connectivity index (χ2n) is 10.1. The molecular formula is C29H31N3O8S. The fourth-order valence-corrected chi connectivity index (χ4v) is 7.19. The monoisotopic (exact) mass is 581 g/mol. The van der Waals surface area contributed by atoms with Crippen molar-refractivity contribution in [2.75, 3.05) is 35.4 Å². The molecule has 11 nitrogen and oxygen atoms in total. The number of amides is 1. The van der Waals surface area contributed by atoms with Crippen LogP contribution in [0.2, 0.25) is 0 Å². The summed E-state index contributed by atoms with van der Waals surface area (Å²) in [6, 6.07) is 10.6. The van der Waals surface area contributed by atoms with E-state index >= 15 is 0 Å². The van der Waals surface area contributed by atoms with Crippen molar-refractivity contribution in [3.05, 3.63) is 73.0 Å². The molecule has 41 heavy (non-hydrogen) atoms. The van der Waals surface area contributed by atoms with Crippen molar-refractivity contribution in [1.82, 2.24) is 4.90 Å². The van der Waals surface area contributed by atoms with E-state index in [4.69, 9.17) is 14.2 Å². The quantitative estimate of drug-likeness (QED) is 0.250. The molecule has 2 aromatic carbocycles. The number of hydrogen-bond acceptors (Lipinski definition) is 8. The summed E-state index contributed by atoms with van der Waals surface area (Å²) in [5, 5.41) is 1.74. The zero-order valence-electron chi connectivity index (χ0n) is 23.0. The summed E-state index contributed by atoms with van der Waals surface area (Å²) >= 11 is 0. The van der Waals surface area contributed by atoms with Gasteiger partial charge in [0.2, 0.25) is 5.91 Å². The van der Waals surface area contributed by atoms with Crippen molar-refractivity contribution in [3.8, 4) is 0 Å². The highest BCUT2D eigenvalue weighted by Crippen LogP contribution is 2.50. The van der Waals surface area contributed by atoms with Crippen molar-refractivity contribution in [3.63, 3.8) is 0 Å². The van der Waals surface area contributed by atoms with Gasteiger partial charge in [0.15, 0.2) is 0 Å². The third-order valence-electron chi connectivity index (χ3n) is 7.82. The number of fused-ring (bicyclic) bond motifs is 3. The van der Waals surface area contributed by atoms with Crippen LogP contribution in [-0.4, -0.2) is 70.3 Å². The van der Waals surface area contributed by atoms with E-state index in [9.17, 15) is 22.8 Å². The summed E-state index contributed by atoms with van der Waals surface area (Å²) in [5.41, 5.74) is 1.39. The zero-order chi connectivity index (χ0) is 29.6. The number of β-lactam (4-membered cyclic amide) rings is 1. The summed E-state index contributed by atoms with van der Waals surface area (Å²) in [4.78, 5) is 40.0. The highest BCUT2D eigenvalue weighted by Gasteiger charge is 2.61. The molecule has 1 fully saturated rings. The van der Waals surface area contributed by atoms with E-state index in [0.29, 0.717) is 16.9 Å². The summed E-state index contributed by atoms with van der Waals surface area (Å²) < 4.78 is 45.3. The molecule has 0 spiro atoms. The minimum absolute atomic E-state index is 0.000809. The Morgan fingerprint density at radius 3 is 2.29 bits per heavy atom. The third-order valence-corrected chi connectivity index (χ3v) is 9.59. The topological polar surface area (TPSA) is 123 Å². The van der Waals surface area contributed by atoms with Crippen LogP contribution in [0.15, 0.2) is 73.0 Å². The summed E-state index contributed by atoms with van der Waals surface area (Å²) in [6.45, 7) is 10.1. The first kappa shape index (κ1) is 28.2. The van der Waals surface area contributed by atoms with E-state index in [2.05, 4.69) is 13.2 Å². The maximum atomic E-state index is 13.6. The lowest BCUT2D eigenvalue weighted by molar-refractivity contribution is -0.164. The van der Waals surface area contributed by atoms with E-state index in [-0.39, 0.29) is 25.5 Å². The number of benzene rings is 2. The standard InChI is InChI=1S/C29H31N3O8S/c1-6-12-38-28(34)26-21(17(3)25-24(27(33)32(25)26)18(4)40-29(35)39-13-7-2)16-31-23-15-20-11-9-8-10-19(20)14-22(23)30(5)41(31,36)37/h6-11,14-15,17-18,24-25H,1-2,12-13,16H2,3-5H3/t17-,18+,24+,25+/m0/s1. The van der Waals surface area contributed by atoms with Gasteiger partial charge in [-0.3, -0.25) is 9.10 Å². The summed E-state index contributed by atoms with van der Waals surface area (Å²) in [7, 11) is -2.52. The van der Waals surface area contributed by atoms with Crippen LogP contribution in [-0.2, 0) is 34.0 Å². The van der Waals surface area contributed by atoms with Crippen LogP contribution in [0.3, 0.4) is 0 Å². The molecule has 0 N–H and O–H groups in total. The summed E-state index contributed by atoms with van der Waals surface area (Å²) in [6.07, 6.45) is 0.995. The van der Waals surface area contributed by atoms with Crippen molar-refractivity contribution < 1.29 is 37.0 Å². The Bertz CT molecular complexity index is 1600. The van der Waals surface area contributed by atoms with Gasteiger partial charge in [-0.05, 0) is 35.4 Å². The number of rotatable bonds is 9. The summed E-state index contributed by atoms with van der Waals surface area (Å²) in [5.74, 6) is -2.41. The first-order chi connectivity index (χ1) is 19.5. The number of carbonyl (C=O) groups excluding carboxylic acids is 3. The highest BCUT2D eigenvalue weighted by atomic mass is 32.2. The van der Waals surface area contributed by atoms with Gasteiger partial charge in [0, 0.05) is 13.0 Å². The van der Waals surface area contributed by atoms with Gasteiger partial charge >= 0.3 is 22.3 Å². The van der Waals surface area contributed by atoms with Crippen LogP contribution in [0.1, 0.15) is 13.8 Å². The van der Waals surface area contributed by atoms with Gasteiger partial charge in [0.1, 0.15) is 25.0 Å². The molecule has 3 aliphatic heterocycles. The van der Waals surface area contributed by atoms with Crippen LogP contribution in [0.5, 0.6) is 0 Å². The fraction of sp³-hybridized carbons (Fsp3) is 0.345. The lowest BCUT2D eigenvalue weighted by atomic mass is 9.77. The number of carbonyl (C=O) groups is 3. The predicted molar refractivity (Wildman–Crippen MR) is 152 cm³/mol. The van der Waals surface area contributed by atoms with Crippen molar-refractivity contribution >= 4 is 50.4 Å². The van der Waals surface area contributed by atoms with E-state index in [1.54, 1.807) is 13.0 Å². The molecule has 4 atom stereocenters. The first-order valence-corrected chi connectivity index (χ1v) is 14.5. The van der Waals surface area contributed by atoms with Gasteiger partial charge in [-0.2, -0.15) is 8.42 Å². The van der Waals surface area contributed by atoms with Crippen molar-refractivity contribution in [2.24, 2.45) is 11.8 Å². The van der Waals surface area contributed by atoms with Crippen LogP contribution >= 0.6 is 0 Å². The second kappa shape index (κ2) is 10.6. The van der Waals surface area contributed by atoms with Crippen LogP contribution in [0.25, 0.3) is 10.8 Å². The van der Waals surface area contributed by atoms with Gasteiger partial charge in [0.05, 0.1) is 29.9 Å². The Hall–Kier alpha value is -4.32. The van der Waals surface area contributed by atoms with E-state index in [1.165, 1.54) is 32.7 Å². The normalized spacial score (nSPS) is 23.0. The SMILES string of the molecule is C=CCOC(=O)O[C@H](C)[C@H]1C(=O)N2C(C(=O)OCC=C)=C(CN3c4cc5ccccc5cc4N(C)S3(=O)=O)[C@H](C)[C@H]12. The third kappa shape index (κ3) is 4.51. The molecule has 0 aromatic heterocycles. The molecule has 0 saturated carbocycles. The zero-order valence-corrected chi connectivity index (χ0v) is 23.8. The molecule has 1 saturated heterocycles. The van der Waals surface area contributed by atoms with E-state index in [1.807, 2.05) is 37.3 Å². The molecule has 2 aromatic rings. The Morgan fingerprint density at radius 1 is 1.05 bits per heavy atom. The number of esters is 1. The van der Waals surface area contributed by atoms with Crippen molar-refractivity contribution in [2.45, 2.75) is 26.0 Å². The molecule has 0 unspecified atom stereocenters. The van der Waals surface area contributed by atoms with Crippen LogP contribution < -0.4 is 8.61 Å². The average molecular weight is 582 g/mol. The first-order valence-electron chi connectivity index (χ1n) is 13.1. The van der Waals surface area contributed by atoms with Crippen LogP contribution in [0, 0.1) is 11.8 Å². The number of anilines is 2. The van der Waals surface area contributed by atoms with E-state index in [0.717, 1.165) is 10.8 Å². The Balaban J connectivity index is 1.51. The van der Waals surface area contributed by atoms with Gasteiger partial charge in [-0.1, -0.05) is 56.5 Å². The van der Waals surface area contributed by atoms with Gasteiger partial charge < -0.3 is 19.1 Å². The van der Waals surface area contributed by atoms with Gasteiger partial charge in [0.25, 0.3) is 0 Å². The molecule has 12 heteroatoms. The number of ether oxygens (including phenoxy) is 3. The molecule has 5 rings (SSSR count). The largest absolute Gasteiger partial charge is 0.508 e. The number of nitrogens with zero attached hydrogens (tertiary/aromatic N) is 3. The smallest absolute Gasteiger partial charge is 0.457 e. The molecule has 0 radical (unpaired) electrons. The minimum Gasteiger partial charge on any atom is -0.457 e. The Labute approximate surface area is 238 Å². The van der Waals surface area contributed by atoms with Gasteiger partial charge in [-0.15, -0.1) is 0 Å². The molecule has 1 amide bonds. The second-order valence-corrected chi connectivity index (χ2v) is 12.0.